The molecule has 0 heterocycles. The van der Waals surface area contributed by atoms with Gasteiger partial charge in [-0.2, -0.15) is 0 Å². The van der Waals surface area contributed by atoms with Gasteiger partial charge in [0.15, 0.2) is 5.78 Å². The average Bonchev–Trinajstić information content (AvgIpc) is 2.51. The second-order valence-corrected chi connectivity index (χ2v) is 5.27. The molecule has 0 aromatic heterocycles. The molecule has 0 saturated carbocycles. The number of ketones is 1. The van der Waals surface area contributed by atoms with Gasteiger partial charge in [-0.05, 0) is 47.2 Å². The van der Waals surface area contributed by atoms with E-state index in [1.165, 1.54) is 0 Å². The van der Waals surface area contributed by atoms with Gasteiger partial charge in [0.1, 0.15) is 5.75 Å². The van der Waals surface area contributed by atoms with Gasteiger partial charge in [-0.3, -0.25) is 4.79 Å². The molecule has 1 aromatic rings. The summed E-state index contributed by atoms with van der Waals surface area (Å²) in [5.41, 5.74) is 3.30. The first-order valence-corrected chi connectivity index (χ1v) is 5.84. The highest BCUT2D eigenvalue weighted by atomic mass is 16.5. The van der Waals surface area contributed by atoms with Crippen molar-refractivity contribution in [2.24, 2.45) is 5.41 Å². The Morgan fingerprint density at radius 3 is 2.47 bits per heavy atom. The molecule has 0 radical (unpaired) electrons. The Morgan fingerprint density at radius 2 is 2.00 bits per heavy atom. The zero-order valence-corrected chi connectivity index (χ0v) is 10.8. The Balaban J connectivity index is 2.45. The van der Waals surface area contributed by atoms with Crippen LogP contribution in [0.3, 0.4) is 0 Å². The summed E-state index contributed by atoms with van der Waals surface area (Å²) in [7, 11) is 1.67. The summed E-state index contributed by atoms with van der Waals surface area (Å²) in [6, 6.07) is 6.08. The number of methoxy groups -OCH3 is 1. The molecule has 1 aliphatic carbocycles. The first-order chi connectivity index (χ1) is 7.94. The van der Waals surface area contributed by atoms with Gasteiger partial charge in [-0.15, -0.1) is 0 Å². The lowest BCUT2D eigenvalue weighted by molar-refractivity contribution is -0.114. The van der Waals surface area contributed by atoms with Crippen molar-refractivity contribution in [1.82, 2.24) is 0 Å². The van der Waals surface area contributed by atoms with Gasteiger partial charge in [-0.25, -0.2) is 0 Å². The largest absolute Gasteiger partial charge is 0.496 e. The van der Waals surface area contributed by atoms with Crippen LogP contribution in [-0.2, 0) is 4.79 Å². The van der Waals surface area contributed by atoms with Crippen LogP contribution in [0.5, 0.6) is 5.75 Å². The van der Waals surface area contributed by atoms with Gasteiger partial charge in [0.25, 0.3) is 0 Å². The Bertz CT molecular complexity index is 496. The van der Waals surface area contributed by atoms with Gasteiger partial charge in [0.2, 0.25) is 0 Å². The molecule has 0 amide bonds. The number of carbonyl (C=O) groups excluding carboxylic acids is 1. The third-order valence-corrected chi connectivity index (χ3v) is 3.36. The number of carbonyl (C=O) groups is 1. The molecule has 0 aliphatic heterocycles. The van der Waals surface area contributed by atoms with Gasteiger partial charge in [0.05, 0.1) is 7.11 Å². The molecule has 2 heteroatoms. The number of rotatable bonds is 2. The van der Waals surface area contributed by atoms with E-state index in [9.17, 15) is 4.79 Å². The monoisotopic (exact) mass is 230 g/mol. The second kappa shape index (κ2) is 4.02. The van der Waals surface area contributed by atoms with Crippen LogP contribution in [-0.4, -0.2) is 12.9 Å². The maximum Gasteiger partial charge on any atom is 0.156 e. The van der Waals surface area contributed by atoms with E-state index in [4.69, 9.17) is 4.74 Å². The molecular formula is C15H18O2. The number of ether oxygens (including phenoxy) is 1. The van der Waals surface area contributed by atoms with E-state index in [1.807, 2.05) is 19.1 Å². The molecule has 0 unspecified atom stereocenters. The van der Waals surface area contributed by atoms with Crippen molar-refractivity contribution in [1.29, 1.82) is 0 Å². The molecular weight excluding hydrogens is 212 g/mol. The van der Waals surface area contributed by atoms with E-state index >= 15 is 0 Å². The van der Waals surface area contributed by atoms with Crippen molar-refractivity contribution in [2.75, 3.05) is 7.11 Å². The second-order valence-electron chi connectivity index (χ2n) is 5.27. The molecule has 0 fully saturated rings. The van der Waals surface area contributed by atoms with E-state index < -0.39 is 0 Å². The summed E-state index contributed by atoms with van der Waals surface area (Å²) in [6.07, 6.45) is 2.38. The molecule has 0 bridgehead atoms. The molecule has 0 spiro atoms. The summed E-state index contributed by atoms with van der Waals surface area (Å²) >= 11 is 0. The molecule has 90 valence electrons. The topological polar surface area (TPSA) is 26.3 Å². The standard InChI is InChI=1S/C15H18O2/c1-10-7-11(5-6-14(10)17-4)13-8-12(16)9-15(13,2)3/h5-8H,9H2,1-4H3. The fraction of sp³-hybridized carbons (Fsp3) is 0.400. The van der Waals surface area contributed by atoms with Crippen LogP contribution < -0.4 is 4.74 Å². The highest BCUT2D eigenvalue weighted by molar-refractivity contribution is 6.03. The lowest BCUT2D eigenvalue weighted by Gasteiger charge is -2.22. The van der Waals surface area contributed by atoms with Crippen LogP contribution in [0, 0.1) is 12.3 Å². The minimum Gasteiger partial charge on any atom is -0.496 e. The van der Waals surface area contributed by atoms with E-state index in [0.29, 0.717) is 6.42 Å². The normalized spacial score (nSPS) is 18.1. The molecule has 2 nitrogen and oxygen atoms in total. The fourth-order valence-electron chi connectivity index (χ4n) is 2.46. The van der Waals surface area contributed by atoms with E-state index in [2.05, 4.69) is 19.9 Å². The van der Waals surface area contributed by atoms with Crippen LogP contribution in [0.15, 0.2) is 24.3 Å². The minimum atomic E-state index is -0.0574. The molecule has 1 aliphatic rings. The molecule has 0 atom stereocenters. The number of benzene rings is 1. The predicted octanol–water partition coefficient (Wildman–Crippen LogP) is 3.39. The molecule has 17 heavy (non-hydrogen) atoms. The maximum atomic E-state index is 11.5. The van der Waals surface area contributed by atoms with Gasteiger partial charge >= 0.3 is 0 Å². The quantitative estimate of drug-likeness (QED) is 0.778. The highest BCUT2D eigenvalue weighted by Gasteiger charge is 2.33. The van der Waals surface area contributed by atoms with Crippen LogP contribution in [0.4, 0.5) is 0 Å². The Kier molecular flexibility index (Phi) is 2.82. The lowest BCUT2D eigenvalue weighted by atomic mass is 9.82. The first kappa shape index (κ1) is 11.9. The molecule has 0 N–H and O–H groups in total. The number of allylic oxidation sites excluding steroid dienone is 2. The van der Waals surface area contributed by atoms with Gasteiger partial charge < -0.3 is 4.74 Å². The Morgan fingerprint density at radius 1 is 1.29 bits per heavy atom. The lowest BCUT2D eigenvalue weighted by Crippen LogP contribution is -2.10. The van der Waals surface area contributed by atoms with Crippen LogP contribution >= 0.6 is 0 Å². The summed E-state index contributed by atoms with van der Waals surface area (Å²) in [5.74, 6) is 1.11. The Labute approximate surface area is 102 Å². The van der Waals surface area contributed by atoms with Gasteiger partial charge in [0, 0.05) is 6.42 Å². The number of aryl methyl sites for hydroxylation is 1. The number of hydrogen-bond donors (Lipinski definition) is 0. The SMILES string of the molecule is COc1ccc(C2=CC(=O)CC2(C)C)cc1C. The molecule has 2 rings (SSSR count). The third kappa shape index (κ3) is 2.12. The average molecular weight is 230 g/mol. The van der Waals surface area contributed by atoms with Crippen molar-refractivity contribution in [3.05, 3.63) is 35.4 Å². The minimum absolute atomic E-state index is 0.0574. The van der Waals surface area contributed by atoms with Crippen molar-refractivity contribution in [3.63, 3.8) is 0 Å². The summed E-state index contributed by atoms with van der Waals surface area (Å²) in [5, 5.41) is 0. The smallest absolute Gasteiger partial charge is 0.156 e. The molecule has 0 saturated heterocycles. The first-order valence-electron chi connectivity index (χ1n) is 5.84. The van der Waals surface area contributed by atoms with Crippen LogP contribution in [0.1, 0.15) is 31.4 Å². The third-order valence-electron chi connectivity index (χ3n) is 3.36. The van der Waals surface area contributed by atoms with Crippen molar-refractivity contribution in [2.45, 2.75) is 27.2 Å². The molecule has 1 aromatic carbocycles. The van der Waals surface area contributed by atoms with Gasteiger partial charge in [-0.1, -0.05) is 19.9 Å². The Hall–Kier alpha value is -1.57. The summed E-state index contributed by atoms with van der Waals surface area (Å²) in [6.45, 7) is 6.25. The predicted molar refractivity (Wildman–Crippen MR) is 69.1 cm³/mol. The van der Waals surface area contributed by atoms with E-state index in [1.54, 1.807) is 13.2 Å². The fourth-order valence-corrected chi connectivity index (χ4v) is 2.46. The van der Waals surface area contributed by atoms with Crippen LogP contribution in [0.25, 0.3) is 5.57 Å². The number of hydrogen-bond acceptors (Lipinski definition) is 2. The van der Waals surface area contributed by atoms with Crippen molar-refractivity contribution in [3.8, 4) is 5.75 Å². The highest BCUT2D eigenvalue weighted by Crippen LogP contribution is 2.43. The zero-order valence-electron chi connectivity index (χ0n) is 10.8. The summed E-state index contributed by atoms with van der Waals surface area (Å²) in [4.78, 5) is 11.5. The maximum absolute atomic E-state index is 11.5. The van der Waals surface area contributed by atoms with Crippen molar-refractivity contribution >= 4 is 11.4 Å². The van der Waals surface area contributed by atoms with Crippen molar-refractivity contribution < 1.29 is 9.53 Å². The zero-order chi connectivity index (χ0) is 12.6. The summed E-state index contributed by atoms with van der Waals surface area (Å²) < 4.78 is 5.25. The van der Waals surface area contributed by atoms with E-state index in [0.717, 1.165) is 22.4 Å². The van der Waals surface area contributed by atoms with Crippen LogP contribution in [0.2, 0.25) is 0 Å². The van der Waals surface area contributed by atoms with E-state index in [-0.39, 0.29) is 11.2 Å².